The van der Waals surface area contributed by atoms with E-state index in [0.717, 1.165) is 0 Å². The summed E-state index contributed by atoms with van der Waals surface area (Å²) in [5.41, 5.74) is 1.19. The van der Waals surface area contributed by atoms with Gasteiger partial charge < -0.3 is 19.8 Å². The zero-order valence-corrected chi connectivity index (χ0v) is 22.0. The topological polar surface area (TPSA) is 98.4 Å². The largest absolute Gasteiger partial charge is 0.482 e. The smallest absolute Gasteiger partial charge is 0.291 e. The van der Waals surface area contributed by atoms with Crippen LogP contribution >= 0.6 is 58.0 Å². The van der Waals surface area contributed by atoms with Crippen LogP contribution in [0.4, 0.5) is 11.4 Å². The second-order valence-electron chi connectivity index (χ2n) is 7.32. The molecule has 2 amide bonds. The third kappa shape index (κ3) is 5.74. The minimum atomic E-state index is -0.511. The Kier molecular flexibility index (Phi) is 8.02. The number of ether oxygens (including phenoxy) is 1. The van der Waals surface area contributed by atoms with Crippen LogP contribution in [-0.2, 0) is 13.7 Å². The van der Waals surface area contributed by atoms with E-state index in [0.29, 0.717) is 17.1 Å². The summed E-state index contributed by atoms with van der Waals surface area (Å²) in [6.07, 6.45) is 1.66. The molecule has 2 aromatic heterocycles. The molecule has 0 radical (unpaired) electrons. The van der Waals surface area contributed by atoms with Gasteiger partial charge in [-0.25, -0.2) is 0 Å². The van der Waals surface area contributed by atoms with Gasteiger partial charge in [-0.15, -0.1) is 0 Å². The molecule has 8 nitrogen and oxygen atoms in total. The van der Waals surface area contributed by atoms with Crippen LogP contribution in [0.5, 0.6) is 5.75 Å². The summed E-state index contributed by atoms with van der Waals surface area (Å²) in [5, 5.41) is 9.49. The molecule has 0 aliphatic heterocycles. The number of carbonyl (C=O) groups is 2. The van der Waals surface area contributed by atoms with E-state index in [4.69, 9.17) is 67.2 Å². The molecule has 0 atom stereocenters. The van der Waals surface area contributed by atoms with E-state index in [-0.39, 0.29) is 54.8 Å². The van der Waals surface area contributed by atoms with Crippen molar-refractivity contribution in [2.45, 2.75) is 6.61 Å². The van der Waals surface area contributed by atoms with E-state index in [1.54, 1.807) is 49.6 Å². The molecule has 0 aliphatic rings. The lowest BCUT2D eigenvalue weighted by atomic mass is 10.2. The molecular formula is C23H15Cl5N4O4. The van der Waals surface area contributed by atoms with Gasteiger partial charge in [-0.2, -0.15) is 5.10 Å². The maximum atomic E-state index is 12.7. The lowest BCUT2D eigenvalue weighted by molar-refractivity contribution is 0.0991. The summed E-state index contributed by atoms with van der Waals surface area (Å²) in [6.45, 7) is -0.115. The summed E-state index contributed by atoms with van der Waals surface area (Å²) >= 11 is 30.4. The minimum Gasteiger partial charge on any atom is -0.482 e. The number of amides is 2. The van der Waals surface area contributed by atoms with E-state index in [1.165, 1.54) is 10.7 Å². The maximum Gasteiger partial charge on any atom is 0.291 e. The van der Waals surface area contributed by atoms with Crippen molar-refractivity contribution in [1.29, 1.82) is 0 Å². The fourth-order valence-electron chi connectivity index (χ4n) is 3.03. The number of furan rings is 1. The summed E-state index contributed by atoms with van der Waals surface area (Å²) < 4.78 is 12.7. The average Bonchev–Trinajstić information content (AvgIpc) is 3.51. The summed E-state index contributed by atoms with van der Waals surface area (Å²) in [7, 11) is 1.71. The lowest BCUT2D eigenvalue weighted by Gasteiger charge is -2.12. The van der Waals surface area contributed by atoms with Crippen molar-refractivity contribution in [2.24, 2.45) is 7.05 Å². The molecule has 2 N–H and O–H groups in total. The first-order valence-corrected chi connectivity index (χ1v) is 12.0. The van der Waals surface area contributed by atoms with Gasteiger partial charge in [0.2, 0.25) is 0 Å². The molecule has 0 bridgehead atoms. The third-order valence-electron chi connectivity index (χ3n) is 4.74. The fraction of sp³-hybridized carbons (Fsp3) is 0.0870. The predicted octanol–water partition coefficient (Wildman–Crippen LogP) is 7.36. The molecular weight excluding hydrogens is 574 g/mol. The number of aryl methyl sites for hydroxylation is 1. The van der Waals surface area contributed by atoms with E-state index in [1.807, 2.05) is 0 Å². The van der Waals surface area contributed by atoms with Gasteiger partial charge in [0.15, 0.2) is 17.2 Å². The zero-order chi connectivity index (χ0) is 26.0. The van der Waals surface area contributed by atoms with Gasteiger partial charge in [-0.05, 0) is 36.4 Å². The average molecular weight is 589 g/mol. The number of nitrogens with one attached hydrogen (secondary N) is 2. The predicted molar refractivity (Wildman–Crippen MR) is 140 cm³/mol. The Morgan fingerprint density at radius 2 is 1.50 bits per heavy atom. The van der Waals surface area contributed by atoms with Crippen LogP contribution in [0.1, 0.15) is 26.8 Å². The first-order chi connectivity index (χ1) is 17.1. The molecule has 0 spiro atoms. The minimum absolute atomic E-state index is 0.000645. The van der Waals surface area contributed by atoms with Crippen LogP contribution in [0.25, 0.3) is 0 Å². The van der Waals surface area contributed by atoms with Gasteiger partial charge in [-0.1, -0.05) is 64.1 Å². The van der Waals surface area contributed by atoms with Crippen LogP contribution in [0.3, 0.4) is 0 Å². The van der Waals surface area contributed by atoms with Gasteiger partial charge in [0.05, 0.1) is 15.1 Å². The number of halogens is 5. The quantitative estimate of drug-likeness (QED) is 0.174. The number of nitrogens with zero attached hydrogens (tertiary/aromatic N) is 2. The molecule has 36 heavy (non-hydrogen) atoms. The van der Waals surface area contributed by atoms with Gasteiger partial charge in [0.1, 0.15) is 22.4 Å². The molecule has 2 aromatic carbocycles. The molecule has 0 saturated carbocycles. The van der Waals surface area contributed by atoms with Crippen LogP contribution in [0.15, 0.2) is 53.1 Å². The molecule has 2 heterocycles. The normalized spacial score (nSPS) is 10.8. The highest BCUT2D eigenvalue weighted by molar-refractivity contribution is 6.55. The van der Waals surface area contributed by atoms with E-state index in [2.05, 4.69) is 15.7 Å². The van der Waals surface area contributed by atoms with Crippen LogP contribution in [-0.4, -0.2) is 21.6 Å². The van der Waals surface area contributed by atoms with Gasteiger partial charge in [-0.3, -0.25) is 14.3 Å². The Morgan fingerprint density at radius 3 is 2.11 bits per heavy atom. The highest BCUT2D eigenvalue weighted by atomic mass is 35.5. The zero-order valence-electron chi connectivity index (χ0n) is 18.2. The second kappa shape index (κ2) is 11.0. The Labute approximate surface area is 230 Å². The molecule has 4 rings (SSSR count). The van der Waals surface area contributed by atoms with E-state index in [9.17, 15) is 9.59 Å². The Hall–Kier alpha value is -2.88. The first kappa shape index (κ1) is 26.2. The molecule has 0 aliphatic carbocycles. The van der Waals surface area contributed by atoms with E-state index < -0.39 is 5.91 Å². The van der Waals surface area contributed by atoms with Gasteiger partial charge in [0.25, 0.3) is 11.8 Å². The van der Waals surface area contributed by atoms with Gasteiger partial charge in [0, 0.05) is 24.6 Å². The van der Waals surface area contributed by atoms with Crippen molar-refractivity contribution in [3.05, 3.63) is 91.0 Å². The molecule has 0 fully saturated rings. The second-order valence-corrected chi connectivity index (χ2v) is 9.21. The van der Waals surface area contributed by atoms with Crippen molar-refractivity contribution in [3.8, 4) is 5.75 Å². The SMILES string of the molecule is Cn1ccc(C(=O)Nc2cccc(NC(=O)c3ccc(COc4c(Cl)c(Cl)c(Cl)c(Cl)c4Cl)o3)c2)n1. The molecule has 0 unspecified atom stereocenters. The van der Waals surface area contributed by atoms with Crippen LogP contribution in [0.2, 0.25) is 25.1 Å². The van der Waals surface area contributed by atoms with Crippen molar-refractivity contribution < 1.29 is 18.7 Å². The van der Waals surface area contributed by atoms with Crippen LogP contribution < -0.4 is 15.4 Å². The van der Waals surface area contributed by atoms with E-state index >= 15 is 0 Å². The number of rotatable bonds is 7. The fourth-order valence-corrected chi connectivity index (χ4v) is 4.26. The number of hydrogen-bond donors (Lipinski definition) is 2. The first-order valence-electron chi connectivity index (χ1n) is 10.1. The summed E-state index contributed by atoms with van der Waals surface area (Å²) in [4.78, 5) is 25.0. The molecule has 186 valence electrons. The Bertz CT molecular complexity index is 1440. The molecule has 13 heteroatoms. The monoisotopic (exact) mass is 586 g/mol. The van der Waals surface area contributed by atoms with Crippen molar-refractivity contribution >= 4 is 81.2 Å². The highest BCUT2D eigenvalue weighted by Crippen LogP contribution is 2.48. The van der Waals surface area contributed by atoms with Crippen molar-refractivity contribution in [3.63, 3.8) is 0 Å². The molecule has 0 saturated heterocycles. The number of anilines is 2. The standard InChI is InChI=1S/C23H15Cl5N4O4/c1-32-8-7-14(31-32)22(33)29-11-3-2-4-12(9-11)30-23(34)15-6-5-13(36-15)10-35-21-19(27)17(25)16(24)18(26)20(21)28/h2-9H,10H2,1H3,(H,29,33)(H,30,34). The van der Waals surface area contributed by atoms with Crippen LogP contribution in [0, 0.1) is 0 Å². The Morgan fingerprint density at radius 1 is 0.889 bits per heavy atom. The number of carbonyl (C=O) groups excluding carboxylic acids is 2. The third-order valence-corrected chi connectivity index (χ3v) is 6.98. The van der Waals surface area contributed by atoms with Crippen molar-refractivity contribution in [1.82, 2.24) is 9.78 Å². The molecule has 4 aromatic rings. The van der Waals surface area contributed by atoms with Crippen molar-refractivity contribution in [2.75, 3.05) is 10.6 Å². The summed E-state index contributed by atoms with van der Waals surface area (Å²) in [6, 6.07) is 11.3. The maximum absolute atomic E-state index is 12.7. The highest BCUT2D eigenvalue weighted by Gasteiger charge is 2.21. The number of benzene rings is 2. The summed E-state index contributed by atoms with van der Waals surface area (Å²) in [5.74, 6) is -0.516. The number of hydrogen-bond acceptors (Lipinski definition) is 5. The number of aromatic nitrogens is 2. The Balaban J connectivity index is 1.40. The van der Waals surface area contributed by atoms with Gasteiger partial charge >= 0.3 is 0 Å². The lowest BCUT2D eigenvalue weighted by Crippen LogP contribution is -2.14.